The maximum Gasteiger partial charge on any atom is 0.289 e. The Balaban J connectivity index is 2.05. The zero-order valence-electron chi connectivity index (χ0n) is 20.3. The summed E-state index contributed by atoms with van der Waals surface area (Å²) in [6, 6.07) is 24.6. The van der Waals surface area contributed by atoms with Crippen molar-refractivity contribution in [3.05, 3.63) is 118 Å². The number of halogens is 1. The summed E-state index contributed by atoms with van der Waals surface area (Å²) in [6.45, 7) is 0. The first-order valence-corrected chi connectivity index (χ1v) is 13.0. The van der Waals surface area contributed by atoms with Crippen LogP contribution in [0, 0.1) is 10.1 Å². The van der Waals surface area contributed by atoms with Gasteiger partial charge in [-0.05, 0) is 66.7 Å². The molecule has 0 aliphatic carbocycles. The molecule has 0 N–H and O–H groups in total. The number of para-hydroxylation sites is 1. The van der Waals surface area contributed by atoms with Crippen LogP contribution in [-0.4, -0.2) is 33.4 Å². The summed E-state index contributed by atoms with van der Waals surface area (Å²) in [5.41, 5.74) is 0.282. The molecule has 0 aliphatic heterocycles. The van der Waals surface area contributed by atoms with Gasteiger partial charge in [0.1, 0.15) is 11.5 Å². The molecule has 4 aromatic carbocycles. The summed E-state index contributed by atoms with van der Waals surface area (Å²) < 4.78 is 39.9. The van der Waals surface area contributed by atoms with Crippen LogP contribution in [-0.2, 0) is 10.0 Å². The molecule has 9 nitrogen and oxygen atoms in total. The monoisotopic (exact) mass is 551 g/mol. The Morgan fingerprint density at radius 1 is 0.842 bits per heavy atom. The standard InChI is InChI=1S/C27H22ClN3O6S/c1-36-21-15-11-19(12-16-21)29-27(23-7-3-4-8-24(23)28)30(20-13-17-22(37-2)18-14-20)38(34,35)26-10-6-5-9-25(26)31(32)33/h3-18H,1-2H3. The van der Waals surface area contributed by atoms with E-state index in [0.29, 0.717) is 22.7 Å². The molecule has 0 saturated carbocycles. The van der Waals surface area contributed by atoms with E-state index in [2.05, 4.69) is 4.99 Å². The minimum absolute atomic E-state index is 0.0657. The number of methoxy groups -OCH3 is 2. The topological polar surface area (TPSA) is 111 Å². The third-order valence-corrected chi connectivity index (χ3v) is 7.60. The van der Waals surface area contributed by atoms with E-state index in [1.54, 1.807) is 60.7 Å². The number of amidine groups is 1. The Kier molecular flexibility index (Phi) is 7.94. The van der Waals surface area contributed by atoms with Gasteiger partial charge in [0.15, 0.2) is 10.7 Å². The molecular formula is C27H22ClN3O6S. The average Bonchev–Trinajstić information content (AvgIpc) is 2.93. The van der Waals surface area contributed by atoms with E-state index in [4.69, 9.17) is 21.1 Å². The predicted octanol–water partition coefficient (Wildman–Crippen LogP) is 6.24. The molecule has 4 rings (SSSR count). The Labute approximate surface area is 224 Å². The molecule has 0 atom stereocenters. The fraction of sp³-hybridized carbons (Fsp3) is 0.0741. The number of nitro benzene ring substituents is 1. The molecule has 0 spiro atoms. The van der Waals surface area contributed by atoms with Crippen LogP contribution in [0.2, 0.25) is 5.02 Å². The van der Waals surface area contributed by atoms with Gasteiger partial charge in [-0.3, -0.25) is 10.1 Å². The number of rotatable bonds is 8. The van der Waals surface area contributed by atoms with E-state index in [-0.39, 0.29) is 16.5 Å². The summed E-state index contributed by atoms with van der Waals surface area (Å²) in [5.74, 6) is 1.01. The van der Waals surface area contributed by atoms with Crippen molar-refractivity contribution in [3.8, 4) is 11.5 Å². The average molecular weight is 552 g/mol. The van der Waals surface area contributed by atoms with Crippen LogP contribution in [0.25, 0.3) is 0 Å². The number of hydrogen-bond donors (Lipinski definition) is 0. The number of aliphatic imine (C=N–C) groups is 1. The predicted molar refractivity (Wildman–Crippen MR) is 146 cm³/mol. The maximum absolute atomic E-state index is 14.3. The molecule has 194 valence electrons. The smallest absolute Gasteiger partial charge is 0.289 e. The van der Waals surface area contributed by atoms with Gasteiger partial charge < -0.3 is 9.47 Å². The maximum atomic E-state index is 14.3. The molecule has 0 unspecified atom stereocenters. The summed E-state index contributed by atoms with van der Waals surface area (Å²) in [5, 5.41) is 12.0. The molecular weight excluding hydrogens is 530 g/mol. The van der Waals surface area contributed by atoms with Crippen molar-refractivity contribution in [2.75, 3.05) is 18.5 Å². The van der Waals surface area contributed by atoms with Gasteiger partial charge >= 0.3 is 0 Å². The molecule has 4 aromatic rings. The first-order chi connectivity index (χ1) is 18.3. The Hall–Kier alpha value is -4.41. The molecule has 0 fully saturated rings. The summed E-state index contributed by atoms with van der Waals surface area (Å²) >= 11 is 6.54. The SMILES string of the molecule is COc1ccc(N=C(c2ccccc2Cl)N(c2ccc(OC)cc2)S(=O)(=O)c2ccccc2[N+](=O)[O-])cc1. The van der Waals surface area contributed by atoms with Crippen molar-refractivity contribution in [2.24, 2.45) is 4.99 Å². The lowest BCUT2D eigenvalue weighted by molar-refractivity contribution is -0.387. The molecule has 0 bridgehead atoms. The van der Waals surface area contributed by atoms with Gasteiger partial charge in [0.05, 0.1) is 35.5 Å². The molecule has 0 heterocycles. The number of sulfonamides is 1. The van der Waals surface area contributed by atoms with Gasteiger partial charge in [0.25, 0.3) is 15.7 Å². The lowest BCUT2D eigenvalue weighted by Gasteiger charge is -2.26. The first kappa shape index (κ1) is 26.6. The highest BCUT2D eigenvalue weighted by atomic mass is 35.5. The highest BCUT2D eigenvalue weighted by Crippen LogP contribution is 2.34. The van der Waals surface area contributed by atoms with Gasteiger partial charge in [-0.15, -0.1) is 0 Å². The Morgan fingerprint density at radius 2 is 1.39 bits per heavy atom. The van der Waals surface area contributed by atoms with Gasteiger partial charge in [0.2, 0.25) is 0 Å². The molecule has 0 amide bonds. The highest BCUT2D eigenvalue weighted by molar-refractivity contribution is 7.93. The highest BCUT2D eigenvalue weighted by Gasteiger charge is 2.36. The number of ether oxygens (including phenoxy) is 2. The second kappa shape index (κ2) is 11.3. The van der Waals surface area contributed by atoms with E-state index in [9.17, 15) is 18.5 Å². The van der Waals surface area contributed by atoms with Gasteiger partial charge in [0, 0.05) is 11.6 Å². The Morgan fingerprint density at radius 3 is 1.97 bits per heavy atom. The van der Waals surface area contributed by atoms with Crippen LogP contribution in [0.1, 0.15) is 5.56 Å². The lowest BCUT2D eigenvalue weighted by Crippen LogP contribution is -2.38. The number of nitrogens with zero attached hydrogens (tertiary/aromatic N) is 3. The molecule has 0 aliphatic rings. The lowest BCUT2D eigenvalue weighted by atomic mass is 10.2. The zero-order valence-corrected chi connectivity index (χ0v) is 21.9. The minimum Gasteiger partial charge on any atom is -0.497 e. The molecule has 0 radical (unpaired) electrons. The third-order valence-electron chi connectivity index (χ3n) is 5.50. The van der Waals surface area contributed by atoms with Gasteiger partial charge in [-0.25, -0.2) is 17.7 Å². The Bertz CT molecular complexity index is 1590. The molecule has 11 heteroatoms. The number of anilines is 1. The number of hydrogen-bond acceptors (Lipinski definition) is 7. The van der Waals surface area contributed by atoms with E-state index in [0.717, 1.165) is 10.4 Å². The van der Waals surface area contributed by atoms with E-state index in [1.807, 2.05) is 0 Å². The van der Waals surface area contributed by atoms with Crippen LogP contribution in [0.3, 0.4) is 0 Å². The fourth-order valence-corrected chi connectivity index (χ4v) is 5.49. The second-order valence-electron chi connectivity index (χ2n) is 7.81. The van der Waals surface area contributed by atoms with Crippen molar-refractivity contribution in [3.63, 3.8) is 0 Å². The largest absolute Gasteiger partial charge is 0.497 e. The van der Waals surface area contributed by atoms with Crippen LogP contribution in [0.15, 0.2) is 107 Å². The molecule has 38 heavy (non-hydrogen) atoms. The number of benzene rings is 4. The summed E-state index contributed by atoms with van der Waals surface area (Å²) in [7, 11) is -1.60. The van der Waals surface area contributed by atoms with Crippen LogP contribution >= 0.6 is 11.6 Å². The molecule has 0 aromatic heterocycles. The van der Waals surface area contributed by atoms with E-state index < -0.39 is 25.5 Å². The number of nitro groups is 1. The van der Waals surface area contributed by atoms with Gasteiger partial charge in [-0.1, -0.05) is 35.9 Å². The van der Waals surface area contributed by atoms with Crippen LogP contribution < -0.4 is 13.8 Å². The van der Waals surface area contributed by atoms with Crippen molar-refractivity contribution in [1.82, 2.24) is 0 Å². The fourth-order valence-electron chi connectivity index (χ4n) is 3.65. The zero-order chi connectivity index (χ0) is 27.3. The summed E-state index contributed by atoms with van der Waals surface area (Å²) in [4.78, 5) is 15.2. The third kappa shape index (κ3) is 5.46. The summed E-state index contributed by atoms with van der Waals surface area (Å²) in [6.07, 6.45) is 0. The van der Waals surface area contributed by atoms with Crippen LogP contribution in [0.4, 0.5) is 17.1 Å². The van der Waals surface area contributed by atoms with Crippen molar-refractivity contribution in [1.29, 1.82) is 0 Å². The second-order valence-corrected chi connectivity index (χ2v) is 9.97. The van der Waals surface area contributed by atoms with Gasteiger partial charge in [-0.2, -0.15) is 0 Å². The quantitative estimate of drug-likeness (QED) is 0.111. The normalized spacial score (nSPS) is 11.6. The van der Waals surface area contributed by atoms with Crippen molar-refractivity contribution < 1.29 is 22.8 Å². The molecule has 0 saturated heterocycles. The van der Waals surface area contributed by atoms with Crippen molar-refractivity contribution >= 4 is 44.5 Å². The minimum atomic E-state index is -4.61. The van der Waals surface area contributed by atoms with E-state index >= 15 is 0 Å². The van der Waals surface area contributed by atoms with Crippen molar-refractivity contribution in [2.45, 2.75) is 4.90 Å². The first-order valence-electron chi connectivity index (χ1n) is 11.2. The van der Waals surface area contributed by atoms with E-state index in [1.165, 1.54) is 44.6 Å². The van der Waals surface area contributed by atoms with Crippen LogP contribution in [0.5, 0.6) is 11.5 Å².